The molecule has 1 N–H and O–H groups in total. The fourth-order valence-electron chi connectivity index (χ4n) is 3.87. The lowest BCUT2D eigenvalue weighted by Gasteiger charge is -2.39. The molecule has 2 nitrogen and oxygen atoms in total. The average Bonchev–Trinajstić information content (AvgIpc) is 2.78. The molecule has 2 unspecified atom stereocenters. The lowest BCUT2D eigenvalue weighted by molar-refractivity contribution is -0.0645. The Morgan fingerprint density at radius 1 is 1.21 bits per heavy atom. The number of fused-ring (bicyclic) bond motifs is 3. The third-order valence-corrected chi connectivity index (χ3v) is 5.19. The quantitative estimate of drug-likeness (QED) is 0.686. The molecule has 0 fully saturated rings. The molecule has 0 aliphatic carbocycles. The van der Waals surface area contributed by atoms with Crippen molar-refractivity contribution in [3.05, 3.63) is 58.6 Å². The topological polar surface area (TPSA) is 24.4 Å². The van der Waals surface area contributed by atoms with Gasteiger partial charge in [-0.05, 0) is 48.7 Å². The largest absolute Gasteiger partial charge is 0.430 e. The normalized spacial score (nSPS) is 25.0. The van der Waals surface area contributed by atoms with E-state index in [9.17, 15) is 13.2 Å². The van der Waals surface area contributed by atoms with Crippen molar-refractivity contribution < 1.29 is 13.2 Å². The number of alkyl halides is 3. The monoisotopic (exact) mass is 350 g/mol. The van der Waals surface area contributed by atoms with Crippen LogP contribution in [0.15, 0.2) is 47.5 Å². The highest BCUT2D eigenvalue weighted by Gasteiger charge is 2.58. The minimum Gasteiger partial charge on any atom is -0.381 e. The first-order valence-electron chi connectivity index (χ1n) is 7.63. The summed E-state index contributed by atoms with van der Waals surface area (Å²) in [6.07, 6.45) is -4.28. The van der Waals surface area contributed by atoms with E-state index < -0.39 is 23.3 Å². The molecule has 0 saturated heterocycles. The SMILES string of the molecule is CC1Nc2ccc(Cl)cc2C12Cc1ccccc1N=C2C(F)(F)F. The smallest absolute Gasteiger partial charge is 0.381 e. The van der Waals surface area contributed by atoms with Crippen LogP contribution in [0.4, 0.5) is 24.5 Å². The molecule has 2 heterocycles. The van der Waals surface area contributed by atoms with Gasteiger partial charge in [0.25, 0.3) is 0 Å². The molecular weight excluding hydrogens is 337 g/mol. The van der Waals surface area contributed by atoms with Gasteiger partial charge in [-0.25, -0.2) is 4.99 Å². The van der Waals surface area contributed by atoms with Crippen molar-refractivity contribution in [3.63, 3.8) is 0 Å². The summed E-state index contributed by atoms with van der Waals surface area (Å²) in [6.45, 7) is 1.77. The summed E-state index contributed by atoms with van der Waals surface area (Å²) in [5.41, 5.74) is 0.420. The number of nitrogens with zero attached hydrogens (tertiary/aromatic N) is 1. The Labute approximate surface area is 142 Å². The molecule has 4 rings (SSSR count). The first kappa shape index (κ1) is 15.5. The number of para-hydroxylation sites is 1. The predicted octanol–water partition coefficient (Wildman–Crippen LogP) is 5.28. The number of halogens is 4. The van der Waals surface area contributed by atoms with E-state index in [1.807, 2.05) is 12.1 Å². The number of benzene rings is 2. The molecule has 124 valence electrons. The Balaban J connectivity index is 2.02. The van der Waals surface area contributed by atoms with E-state index >= 15 is 0 Å². The van der Waals surface area contributed by atoms with E-state index in [2.05, 4.69) is 10.3 Å². The lowest BCUT2D eigenvalue weighted by atomic mass is 9.67. The van der Waals surface area contributed by atoms with Crippen LogP contribution in [0.5, 0.6) is 0 Å². The minimum atomic E-state index is -4.52. The Morgan fingerprint density at radius 3 is 2.71 bits per heavy atom. The van der Waals surface area contributed by atoms with Crippen LogP contribution in [0, 0.1) is 0 Å². The predicted molar refractivity (Wildman–Crippen MR) is 89.5 cm³/mol. The number of hydrogen-bond donors (Lipinski definition) is 1. The lowest BCUT2D eigenvalue weighted by Crippen LogP contribution is -2.53. The first-order valence-corrected chi connectivity index (χ1v) is 8.01. The zero-order valence-corrected chi connectivity index (χ0v) is 13.5. The van der Waals surface area contributed by atoms with Crippen LogP contribution < -0.4 is 5.32 Å². The van der Waals surface area contributed by atoms with Crippen molar-refractivity contribution in [1.82, 2.24) is 0 Å². The van der Waals surface area contributed by atoms with Gasteiger partial charge in [-0.2, -0.15) is 13.2 Å². The summed E-state index contributed by atoms with van der Waals surface area (Å²) in [5, 5.41) is 3.60. The summed E-state index contributed by atoms with van der Waals surface area (Å²) >= 11 is 6.09. The second-order valence-electron chi connectivity index (χ2n) is 6.29. The van der Waals surface area contributed by atoms with Crippen LogP contribution in [0.1, 0.15) is 18.1 Å². The highest BCUT2D eigenvalue weighted by Crippen LogP contribution is 2.52. The van der Waals surface area contributed by atoms with Gasteiger partial charge in [-0.1, -0.05) is 29.8 Å². The average molecular weight is 351 g/mol. The maximum atomic E-state index is 13.9. The van der Waals surface area contributed by atoms with Crippen LogP contribution >= 0.6 is 11.6 Å². The van der Waals surface area contributed by atoms with Gasteiger partial charge in [0.2, 0.25) is 0 Å². The van der Waals surface area contributed by atoms with Crippen molar-refractivity contribution in [3.8, 4) is 0 Å². The van der Waals surface area contributed by atoms with Crippen molar-refractivity contribution in [2.75, 3.05) is 5.32 Å². The van der Waals surface area contributed by atoms with Gasteiger partial charge >= 0.3 is 6.18 Å². The van der Waals surface area contributed by atoms with Crippen LogP contribution in [0.3, 0.4) is 0 Å². The number of rotatable bonds is 0. The molecule has 2 atom stereocenters. The standard InChI is InChI=1S/C18H14ClF3N2/c1-10-17(13-8-12(19)6-7-15(13)23-10)9-11-4-2-3-5-14(11)24-16(17)18(20,21)22/h2-8,10,23H,9H2,1H3. The van der Waals surface area contributed by atoms with Crippen molar-refractivity contribution >= 4 is 28.7 Å². The minimum absolute atomic E-state index is 0.239. The summed E-state index contributed by atoms with van der Waals surface area (Å²) in [5.74, 6) is 0. The molecule has 0 bridgehead atoms. The van der Waals surface area contributed by atoms with Crippen molar-refractivity contribution in [2.24, 2.45) is 4.99 Å². The van der Waals surface area contributed by atoms with Gasteiger partial charge in [-0.3, -0.25) is 0 Å². The first-order chi connectivity index (χ1) is 11.3. The van der Waals surface area contributed by atoms with Crippen molar-refractivity contribution in [2.45, 2.75) is 31.0 Å². The Kier molecular flexibility index (Phi) is 3.23. The van der Waals surface area contributed by atoms with Crippen LogP contribution in [-0.4, -0.2) is 17.9 Å². The Bertz CT molecular complexity index is 860. The summed E-state index contributed by atoms with van der Waals surface area (Å²) in [4.78, 5) is 4.04. The molecular formula is C18H14ClF3N2. The number of anilines is 1. The van der Waals surface area contributed by atoms with Gasteiger partial charge < -0.3 is 5.32 Å². The van der Waals surface area contributed by atoms with Crippen LogP contribution in [0.25, 0.3) is 0 Å². The fourth-order valence-corrected chi connectivity index (χ4v) is 4.04. The van der Waals surface area contributed by atoms with Crippen LogP contribution in [-0.2, 0) is 11.8 Å². The fraction of sp³-hybridized carbons (Fsp3) is 0.278. The molecule has 0 radical (unpaired) electrons. The molecule has 0 aromatic heterocycles. The van der Waals surface area contributed by atoms with Gasteiger partial charge in [0.15, 0.2) is 0 Å². The van der Waals surface area contributed by atoms with Gasteiger partial charge in [0.1, 0.15) is 5.71 Å². The van der Waals surface area contributed by atoms with E-state index in [1.54, 1.807) is 37.3 Å². The zero-order valence-electron chi connectivity index (χ0n) is 12.8. The third-order valence-electron chi connectivity index (χ3n) is 4.96. The van der Waals surface area contributed by atoms with E-state index in [-0.39, 0.29) is 6.42 Å². The summed E-state index contributed by atoms with van der Waals surface area (Å²) < 4.78 is 41.7. The van der Waals surface area contributed by atoms with Gasteiger partial charge in [0, 0.05) is 16.8 Å². The highest BCUT2D eigenvalue weighted by atomic mass is 35.5. The van der Waals surface area contributed by atoms with E-state index in [0.717, 1.165) is 5.56 Å². The molecule has 24 heavy (non-hydrogen) atoms. The van der Waals surface area contributed by atoms with Crippen LogP contribution in [0.2, 0.25) is 5.02 Å². The zero-order chi connectivity index (χ0) is 17.1. The summed E-state index contributed by atoms with van der Waals surface area (Å²) in [7, 11) is 0. The van der Waals surface area contributed by atoms with E-state index in [0.29, 0.717) is 22.0 Å². The highest BCUT2D eigenvalue weighted by molar-refractivity contribution is 6.30. The molecule has 0 amide bonds. The molecule has 0 saturated carbocycles. The second-order valence-corrected chi connectivity index (χ2v) is 6.73. The number of hydrogen-bond acceptors (Lipinski definition) is 2. The van der Waals surface area contributed by atoms with Gasteiger partial charge in [0.05, 0.1) is 11.1 Å². The third kappa shape index (κ3) is 2.07. The summed E-state index contributed by atoms with van der Waals surface area (Å²) in [6, 6.07) is 11.6. The molecule has 1 spiro atoms. The molecule has 6 heteroatoms. The Morgan fingerprint density at radius 2 is 1.96 bits per heavy atom. The molecule has 2 aliphatic heterocycles. The maximum absolute atomic E-state index is 13.9. The second kappa shape index (κ2) is 4.99. The number of aliphatic imine (C=N–C) groups is 1. The number of nitrogens with one attached hydrogen (secondary N) is 1. The molecule has 2 aromatic carbocycles. The molecule has 2 aromatic rings. The maximum Gasteiger partial charge on any atom is 0.430 e. The molecule has 2 aliphatic rings. The van der Waals surface area contributed by atoms with E-state index in [4.69, 9.17) is 11.6 Å². The Hall–Kier alpha value is -2.01. The van der Waals surface area contributed by atoms with E-state index in [1.165, 1.54) is 0 Å². The van der Waals surface area contributed by atoms with Gasteiger partial charge in [-0.15, -0.1) is 0 Å². The van der Waals surface area contributed by atoms with Crippen molar-refractivity contribution in [1.29, 1.82) is 0 Å².